The molecule has 1 saturated carbocycles. The zero-order chi connectivity index (χ0) is 35.7. The number of hydrogen-bond acceptors (Lipinski definition) is 13. The maximum atomic E-state index is 14.6. The first-order valence-electron chi connectivity index (χ1n) is 14.5. The molecule has 0 radical (unpaired) electrons. The van der Waals surface area contributed by atoms with E-state index in [4.69, 9.17) is 17.2 Å². The Bertz CT molecular complexity index is 1930. The Hall–Kier alpha value is -5.76. The van der Waals surface area contributed by atoms with Gasteiger partial charge in [-0.1, -0.05) is 18.2 Å². The van der Waals surface area contributed by atoms with E-state index in [-0.39, 0.29) is 28.8 Å². The molecule has 11 N–H and O–H groups in total. The number of fused-ring (bicyclic) bond motifs is 3. The number of aromatic hydroxyl groups is 1. The van der Waals surface area contributed by atoms with Crippen molar-refractivity contribution >= 4 is 46.5 Å². The van der Waals surface area contributed by atoms with Gasteiger partial charge in [0.1, 0.15) is 17.1 Å². The van der Waals surface area contributed by atoms with Crippen molar-refractivity contribution in [1.82, 2.24) is 10.2 Å². The highest BCUT2D eigenvalue weighted by Crippen LogP contribution is 2.59. The lowest BCUT2D eigenvalue weighted by atomic mass is 9.47. The lowest BCUT2D eigenvalue weighted by molar-refractivity contribution is -0.139. The number of primary amides is 1. The van der Waals surface area contributed by atoms with Crippen LogP contribution in [-0.2, 0) is 20.8 Å². The maximum absolute atomic E-state index is 14.6. The van der Waals surface area contributed by atoms with Gasteiger partial charge in [-0.25, -0.2) is 4.79 Å². The number of hydrogen-bond donors (Lipinski definition) is 8. The van der Waals surface area contributed by atoms with Gasteiger partial charge in [0.15, 0.2) is 22.7 Å². The maximum Gasteiger partial charge on any atom is 0.326 e. The number of aliphatic hydroxyl groups is 2. The van der Waals surface area contributed by atoms with Crippen LogP contribution in [0.1, 0.15) is 27.9 Å². The number of nitrogens with two attached hydrogens (primary N) is 3. The predicted octanol–water partition coefficient (Wildman–Crippen LogP) is -0.0666. The summed E-state index contributed by atoms with van der Waals surface area (Å²) in [5.41, 5.74) is 10.7. The Balaban J connectivity index is 1.71. The second-order valence-electron chi connectivity index (χ2n) is 12.6. The molecule has 16 nitrogen and oxygen atoms in total. The van der Waals surface area contributed by atoms with Crippen molar-refractivity contribution in [2.45, 2.75) is 30.0 Å². The fourth-order valence-corrected chi connectivity index (χ4v) is 7.29. The minimum Gasteiger partial charge on any atom is -0.509 e. The number of urea groups is 1. The first-order chi connectivity index (χ1) is 22.4. The van der Waals surface area contributed by atoms with Gasteiger partial charge in [-0.05, 0) is 50.7 Å². The van der Waals surface area contributed by atoms with Gasteiger partial charge in [0, 0.05) is 25.3 Å². The first kappa shape index (κ1) is 33.6. The molecule has 3 aliphatic rings. The largest absolute Gasteiger partial charge is 0.509 e. The van der Waals surface area contributed by atoms with E-state index in [0.29, 0.717) is 5.69 Å². The molecular weight excluding hydrogens is 624 g/mol. The molecule has 0 bridgehead atoms. The monoisotopic (exact) mass is 658 g/mol. The summed E-state index contributed by atoms with van der Waals surface area (Å²) in [4.78, 5) is 68.8. The number of likely N-dealkylation sites (N-methyl/N-ethyl adjacent to an activating group) is 1. The van der Waals surface area contributed by atoms with Gasteiger partial charge in [0.25, 0.3) is 11.8 Å². The topological polar surface area (TPSA) is 278 Å². The van der Waals surface area contributed by atoms with Crippen LogP contribution in [0, 0.1) is 16.7 Å². The van der Waals surface area contributed by atoms with Gasteiger partial charge in [-0.2, -0.15) is 5.26 Å². The molecule has 4 atom stereocenters. The third-order valence-electron chi connectivity index (χ3n) is 9.22. The number of phenolic OH excluding ortho intramolecular Hbond substituents is 1. The average molecular weight is 659 g/mol. The number of benzene rings is 2. The lowest BCUT2D eigenvalue weighted by Crippen LogP contribution is -2.80. The number of rotatable bonds is 5. The van der Waals surface area contributed by atoms with Crippen LogP contribution in [0.4, 0.5) is 16.2 Å². The predicted molar refractivity (Wildman–Crippen MR) is 171 cm³/mol. The van der Waals surface area contributed by atoms with Gasteiger partial charge >= 0.3 is 6.03 Å². The van der Waals surface area contributed by atoms with Crippen LogP contribution in [0.25, 0.3) is 5.76 Å². The molecular formula is C32H34N8O8. The molecule has 2 aromatic rings. The van der Waals surface area contributed by atoms with Gasteiger partial charge in [-0.3, -0.25) is 29.4 Å². The van der Waals surface area contributed by atoms with E-state index in [0.717, 1.165) is 0 Å². The summed E-state index contributed by atoms with van der Waals surface area (Å²) >= 11 is 0. The number of phenols is 1. The molecule has 4 amide bonds. The quantitative estimate of drug-likeness (QED) is 0.155. The van der Waals surface area contributed by atoms with Crippen LogP contribution in [0.3, 0.4) is 0 Å². The Morgan fingerprint density at radius 1 is 1.04 bits per heavy atom. The SMILES string of the molecule is CN(C)c1cc(NC(=O)NC(=O)c2ccccc2)c(O)c2c1C[C@@]1(N)C[C@@]3(N)[C@H](N(C)C)C(=O)C(C(N)=O)=C(O)[C@@]3(C#N)C(=O)C1=C2O. The van der Waals surface area contributed by atoms with Crippen LogP contribution in [0.15, 0.2) is 53.3 Å². The number of carbonyl (C=O) groups is 5. The van der Waals surface area contributed by atoms with Crippen molar-refractivity contribution in [2.24, 2.45) is 22.6 Å². The molecule has 0 unspecified atom stereocenters. The van der Waals surface area contributed by atoms with Gasteiger partial charge in [0.2, 0.25) is 0 Å². The third kappa shape index (κ3) is 4.51. The summed E-state index contributed by atoms with van der Waals surface area (Å²) in [5.74, 6) is -7.34. The van der Waals surface area contributed by atoms with E-state index in [1.165, 1.54) is 37.2 Å². The van der Waals surface area contributed by atoms with Gasteiger partial charge < -0.3 is 42.7 Å². The lowest BCUT2D eigenvalue weighted by Gasteiger charge is -2.58. The minimum atomic E-state index is -2.82. The van der Waals surface area contributed by atoms with E-state index in [2.05, 4.69) is 10.6 Å². The van der Waals surface area contributed by atoms with E-state index in [1.54, 1.807) is 43.3 Å². The molecule has 0 heterocycles. The van der Waals surface area contributed by atoms with Crippen molar-refractivity contribution in [2.75, 3.05) is 38.4 Å². The Kier molecular flexibility index (Phi) is 7.83. The van der Waals surface area contributed by atoms with E-state index >= 15 is 0 Å². The second kappa shape index (κ2) is 11.2. The highest BCUT2D eigenvalue weighted by atomic mass is 16.3. The third-order valence-corrected chi connectivity index (χ3v) is 9.22. The van der Waals surface area contributed by atoms with Crippen molar-refractivity contribution in [3.05, 3.63) is 70.0 Å². The van der Waals surface area contributed by atoms with Crippen molar-refractivity contribution in [3.63, 3.8) is 0 Å². The minimum absolute atomic E-state index is 0.189. The van der Waals surface area contributed by atoms with E-state index in [1.807, 2.05) is 0 Å². The summed E-state index contributed by atoms with van der Waals surface area (Å²) < 4.78 is 0. The normalized spacial score (nSPS) is 26.2. The number of carbonyl (C=O) groups excluding carboxylic acids is 5. The molecule has 48 heavy (non-hydrogen) atoms. The molecule has 0 saturated heterocycles. The van der Waals surface area contributed by atoms with Crippen molar-refractivity contribution in [1.29, 1.82) is 5.26 Å². The van der Waals surface area contributed by atoms with Crippen molar-refractivity contribution in [3.8, 4) is 11.8 Å². The summed E-state index contributed by atoms with van der Waals surface area (Å²) in [6.07, 6.45) is -0.823. The number of ketones is 2. The number of imide groups is 1. The smallest absolute Gasteiger partial charge is 0.326 e. The zero-order valence-corrected chi connectivity index (χ0v) is 26.4. The van der Waals surface area contributed by atoms with Crippen LogP contribution >= 0.6 is 0 Å². The molecule has 0 aromatic heterocycles. The van der Waals surface area contributed by atoms with E-state index in [9.17, 15) is 44.6 Å². The summed E-state index contributed by atoms with van der Waals surface area (Å²) in [5, 5.41) is 49.7. The Morgan fingerprint density at radius 2 is 1.67 bits per heavy atom. The summed E-state index contributed by atoms with van der Waals surface area (Å²) in [6, 6.07) is 8.38. The average Bonchev–Trinajstić information content (AvgIpc) is 2.97. The number of anilines is 2. The fraction of sp³-hybridized carbons (Fsp3) is 0.312. The molecule has 5 rings (SSSR count). The molecule has 0 aliphatic heterocycles. The molecule has 250 valence electrons. The molecule has 3 aliphatic carbocycles. The standard InChI is InChI=1S/C32H34N8O8/c1-39(2)17-10-16(37-29(48)38-28(47)14-8-6-5-7-9-14)21(41)18-15(17)11-30(35)12-32(36)24(40(3)4)23(43)19(27(34)46)25(44)31(32,13-33)26(45)20(30)22(18)42/h5-10,24,41-42,44H,11-12,35-36H2,1-4H3,(H2,34,46)(H2,37,38,47,48)/t24-,30-,31+,32-/m1/s1. The number of nitriles is 1. The number of Topliss-reactive ketones (excluding diaryl/α,β-unsaturated/α-hetero) is 2. The fourth-order valence-electron chi connectivity index (χ4n) is 7.29. The highest BCUT2D eigenvalue weighted by Gasteiger charge is 2.74. The van der Waals surface area contributed by atoms with Crippen LogP contribution in [0.2, 0.25) is 0 Å². The van der Waals surface area contributed by atoms with Gasteiger partial charge in [0.05, 0.1) is 40.0 Å². The molecule has 0 spiro atoms. The van der Waals surface area contributed by atoms with Crippen LogP contribution in [-0.4, -0.2) is 94.9 Å². The molecule has 1 fully saturated rings. The Labute approximate surface area is 274 Å². The van der Waals surface area contributed by atoms with Gasteiger partial charge in [-0.15, -0.1) is 0 Å². The first-order valence-corrected chi connectivity index (χ1v) is 14.5. The summed E-state index contributed by atoms with van der Waals surface area (Å²) in [6.45, 7) is 0. The Morgan fingerprint density at radius 3 is 2.21 bits per heavy atom. The van der Waals surface area contributed by atoms with E-state index < -0.39 is 86.8 Å². The zero-order valence-electron chi connectivity index (χ0n) is 26.4. The number of amides is 4. The molecule has 2 aromatic carbocycles. The second-order valence-corrected chi connectivity index (χ2v) is 12.6. The highest BCUT2D eigenvalue weighted by molar-refractivity contribution is 6.25. The van der Waals surface area contributed by atoms with Crippen LogP contribution in [0.5, 0.6) is 5.75 Å². The number of nitrogens with zero attached hydrogens (tertiary/aromatic N) is 3. The number of aliphatic hydroxyl groups excluding tert-OH is 2. The van der Waals surface area contributed by atoms with Crippen molar-refractivity contribution < 1.29 is 39.3 Å². The summed E-state index contributed by atoms with van der Waals surface area (Å²) in [7, 11) is 6.10. The van der Waals surface area contributed by atoms with Crippen LogP contribution < -0.4 is 32.7 Å². The molecule has 16 heteroatoms. The number of nitrogens with one attached hydrogen (secondary N) is 2.